The third kappa shape index (κ3) is 2.75. The van der Waals surface area contributed by atoms with Crippen molar-refractivity contribution < 1.29 is 0 Å². The van der Waals surface area contributed by atoms with Crippen LogP contribution in [0.3, 0.4) is 0 Å². The van der Waals surface area contributed by atoms with E-state index in [1.165, 1.54) is 16.0 Å². The van der Waals surface area contributed by atoms with Crippen molar-refractivity contribution in [2.45, 2.75) is 6.92 Å². The number of benzene rings is 2. The first-order valence-electron chi connectivity index (χ1n) is 8.02. The Morgan fingerprint density at radius 2 is 1.92 bits per heavy atom. The number of para-hydroxylation sites is 2. The number of hydrogen-bond acceptors (Lipinski definition) is 4. The van der Waals surface area contributed by atoms with E-state index in [0.717, 1.165) is 15.9 Å². The third-order valence-electron chi connectivity index (χ3n) is 4.06. The monoisotopic (exact) mass is 358 g/mol. The van der Waals surface area contributed by atoms with E-state index in [0.29, 0.717) is 21.8 Å². The van der Waals surface area contributed by atoms with E-state index >= 15 is 0 Å². The lowest BCUT2D eigenvalue weighted by Crippen LogP contribution is -2.15. The zero-order valence-corrected chi connectivity index (χ0v) is 14.7. The van der Waals surface area contributed by atoms with Gasteiger partial charge in [-0.1, -0.05) is 30.3 Å². The standard InChI is InChI=1S/C20H14N4OS/c1-13-16(20(25)24(23-13)15-7-3-2-4-8-15)11-14(12-21)19-22-17-9-5-6-10-18(17)26-19/h2-11,23H,1H3. The number of hydrogen-bond donors (Lipinski definition) is 1. The molecule has 2 aromatic carbocycles. The van der Waals surface area contributed by atoms with E-state index in [-0.39, 0.29) is 5.56 Å². The summed E-state index contributed by atoms with van der Waals surface area (Å²) in [6.07, 6.45) is 1.62. The molecule has 0 saturated heterocycles. The Morgan fingerprint density at radius 3 is 2.65 bits per heavy atom. The minimum atomic E-state index is -0.192. The molecule has 0 fully saturated rings. The van der Waals surface area contributed by atoms with Gasteiger partial charge >= 0.3 is 0 Å². The van der Waals surface area contributed by atoms with Gasteiger partial charge in [0.05, 0.1) is 27.0 Å². The zero-order chi connectivity index (χ0) is 18.1. The topological polar surface area (TPSA) is 74.5 Å². The minimum Gasteiger partial charge on any atom is -0.295 e. The van der Waals surface area contributed by atoms with E-state index in [9.17, 15) is 10.1 Å². The molecule has 2 aromatic heterocycles. The molecule has 0 amide bonds. The van der Waals surface area contributed by atoms with Crippen molar-refractivity contribution in [3.63, 3.8) is 0 Å². The molecule has 0 saturated carbocycles. The maximum atomic E-state index is 12.8. The fourth-order valence-electron chi connectivity index (χ4n) is 2.76. The molecule has 0 aliphatic heterocycles. The molecule has 6 heteroatoms. The number of aromatic nitrogens is 3. The van der Waals surface area contributed by atoms with Crippen LogP contribution in [-0.2, 0) is 0 Å². The van der Waals surface area contributed by atoms with Crippen LogP contribution in [0.1, 0.15) is 16.3 Å². The molecule has 0 atom stereocenters. The van der Waals surface area contributed by atoms with Crippen molar-refractivity contribution in [2.24, 2.45) is 0 Å². The van der Waals surface area contributed by atoms with Crippen LogP contribution in [-0.4, -0.2) is 14.8 Å². The van der Waals surface area contributed by atoms with Crippen molar-refractivity contribution >= 4 is 33.2 Å². The van der Waals surface area contributed by atoms with Crippen molar-refractivity contribution in [3.8, 4) is 11.8 Å². The quantitative estimate of drug-likeness (QED) is 0.559. The lowest BCUT2D eigenvalue weighted by atomic mass is 10.1. The van der Waals surface area contributed by atoms with Gasteiger partial charge in [0, 0.05) is 5.69 Å². The molecule has 4 rings (SSSR count). The first kappa shape index (κ1) is 16.1. The molecule has 0 aliphatic carbocycles. The van der Waals surface area contributed by atoms with Gasteiger partial charge in [0.25, 0.3) is 5.56 Å². The van der Waals surface area contributed by atoms with Crippen LogP contribution in [0.15, 0.2) is 59.4 Å². The number of aromatic amines is 1. The van der Waals surface area contributed by atoms with Gasteiger partial charge in [0.2, 0.25) is 0 Å². The highest BCUT2D eigenvalue weighted by atomic mass is 32.1. The summed E-state index contributed by atoms with van der Waals surface area (Å²) in [6, 6.07) is 19.2. The molecule has 2 heterocycles. The molecule has 0 radical (unpaired) electrons. The fraction of sp³-hybridized carbons (Fsp3) is 0.0500. The number of H-pyrrole nitrogens is 1. The summed E-state index contributed by atoms with van der Waals surface area (Å²) in [6.45, 7) is 1.82. The molecular formula is C20H14N4OS. The molecule has 0 aliphatic rings. The van der Waals surface area contributed by atoms with Gasteiger partial charge < -0.3 is 0 Å². The van der Waals surface area contributed by atoms with E-state index in [1.54, 1.807) is 6.08 Å². The van der Waals surface area contributed by atoms with Crippen LogP contribution in [0.25, 0.3) is 27.6 Å². The summed E-state index contributed by atoms with van der Waals surface area (Å²) in [4.78, 5) is 17.3. The van der Waals surface area contributed by atoms with Crippen molar-refractivity contribution in [1.29, 1.82) is 5.26 Å². The van der Waals surface area contributed by atoms with Gasteiger partial charge in [-0.25, -0.2) is 9.67 Å². The highest BCUT2D eigenvalue weighted by molar-refractivity contribution is 7.19. The molecule has 126 valence electrons. The second-order valence-electron chi connectivity index (χ2n) is 5.78. The van der Waals surface area contributed by atoms with Gasteiger partial charge in [-0.2, -0.15) is 5.26 Å². The highest BCUT2D eigenvalue weighted by Crippen LogP contribution is 2.27. The Kier molecular flexibility index (Phi) is 3.99. The second kappa shape index (κ2) is 6.47. The number of rotatable bonds is 3. The van der Waals surface area contributed by atoms with Gasteiger partial charge in [0.1, 0.15) is 11.1 Å². The highest BCUT2D eigenvalue weighted by Gasteiger charge is 2.14. The Morgan fingerprint density at radius 1 is 1.19 bits per heavy atom. The Hall–Kier alpha value is -3.43. The largest absolute Gasteiger partial charge is 0.295 e. The van der Waals surface area contributed by atoms with Crippen LogP contribution in [0.2, 0.25) is 0 Å². The molecule has 0 spiro atoms. The first-order chi connectivity index (χ1) is 12.7. The lowest BCUT2D eigenvalue weighted by molar-refractivity contribution is 0.835. The Balaban J connectivity index is 1.83. The summed E-state index contributed by atoms with van der Waals surface area (Å²) in [7, 11) is 0. The SMILES string of the molecule is Cc1[nH]n(-c2ccccc2)c(=O)c1C=C(C#N)c1nc2ccccc2s1. The third-order valence-corrected chi connectivity index (χ3v) is 5.13. The summed E-state index contributed by atoms with van der Waals surface area (Å²) in [5.74, 6) is 0. The first-order valence-corrected chi connectivity index (χ1v) is 8.84. The maximum Gasteiger partial charge on any atom is 0.278 e. The lowest BCUT2D eigenvalue weighted by Gasteiger charge is -1.99. The average Bonchev–Trinajstić information content (AvgIpc) is 3.22. The summed E-state index contributed by atoms with van der Waals surface area (Å²) < 4.78 is 2.49. The summed E-state index contributed by atoms with van der Waals surface area (Å²) >= 11 is 1.44. The van der Waals surface area contributed by atoms with Crippen molar-refractivity contribution in [1.82, 2.24) is 14.8 Å². The van der Waals surface area contributed by atoms with Crippen molar-refractivity contribution in [3.05, 3.63) is 81.2 Å². The van der Waals surface area contributed by atoms with Gasteiger partial charge in [0.15, 0.2) is 0 Å². The van der Waals surface area contributed by atoms with Gasteiger partial charge in [-0.05, 0) is 37.3 Å². The normalized spacial score (nSPS) is 11.6. The zero-order valence-electron chi connectivity index (χ0n) is 13.9. The summed E-state index contributed by atoms with van der Waals surface area (Å²) in [5.41, 5.74) is 2.95. The molecule has 0 unspecified atom stereocenters. The summed E-state index contributed by atoms with van der Waals surface area (Å²) in [5, 5.41) is 13.3. The minimum absolute atomic E-state index is 0.192. The van der Waals surface area contributed by atoms with E-state index < -0.39 is 0 Å². The van der Waals surface area contributed by atoms with Crippen LogP contribution in [0, 0.1) is 18.3 Å². The number of nitriles is 1. The van der Waals surface area contributed by atoms with Crippen LogP contribution < -0.4 is 5.56 Å². The predicted octanol–water partition coefficient (Wildman–Crippen LogP) is 4.15. The fourth-order valence-corrected chi connectivity index (χ4v) is 3.69. The number of nitrogens with one attached hydrogen (secondary N) is 1. The Labute approximate surface area is 153 Å². The molecule has 5 nitrogen and oxygen atoms in total. The molecule has 0 bridgehead atoms. The number of aryl methyl sites for hydroxylation is 1. The van der Waals surface area contributed by atoms with Crippen LogP contribution in [0.4, 0.5) is 0 Å². The number of fused-ring (bicyclic) bond motifs is 1. The number of allylic oxidation sites excluding steroid dienone is 1. The van der Waals surface area contributed by atoms with E-state index in [4.69, 9.17) is 0 Å². The van der Waals surface area contributed by atoms with E-state index in [1.807, 2.05) is 61.5 Å². The maximum absolute atomic E-state index is 12.8. The smallest absolute Gasteiger partial charge is 0.278 e. The van der Waals surface area contributed by atoms with Gasteiger partial charge in [-0.15, -0.1) is 11.3 Å². The second-order valence-corrected chi connectivity index (χ2v) is 6.81. The number of nitrogens with zero attached hydrogens (tertiary/aromatic N) is 3. The molecule has 4 aromatic rings. The van der Waals surface area contributed by atoms with Crippen LogP contribution in [0.5, 0.6) is 0 Å². The van der Waals surface area contributed by atoms with Crippen LogP contribution >= 0.6 is 11.3 Å². The van der Waals surface area contributed by atoms with Crippen molar-refractivity contribution in [2.75, 3.05) is 0 Å². The molecular weight excluding hydrogens is 344 g/mol. The number of thiazole rings is 1. The molecule has 1 N–H and O–H groups in total. The Bertz CT molecular complexity index is 1190. The van der Waals surface area contributed by atoms with Gasteiger partial charge in [-0.3, -0.25) is 9.89 Å². The predicted molar refractivity (Wildman–Crippen MR) is 104 cm³/mol. The van der Waals surface area contributed by atoms with E-state index in [2.05, 4.69) is 16.2 Å². The molecule has 26 heavy (non-hydrogen) atoms. The average molecular weight is 358 g/mol.